The van der Waals surface area contributed by atoms with E-state index in [0.29, 0.717) is 36.4 Å². The van der Waals surface area contributed by atoms with Crippen LogP contribution in [0.1, 0.15) is 58.9 Å². The molecule has 0 saturated carbocycles. The topological polar surface area (TPSA) is 46.6 Å². The van der Waals surface area contributed by atoms with Gasteiger partial charge in [0.2, 0.25) is 10.0 Å². The van der Waals surface area contributed by atoms with Crippen molar-refractivity contribution < 1.29 is 13.2 Å². The second-order valence-corrected chi connectivity index (χ2v) is 9.41. The Labute approximate surface area is 147 Å². The van der Waals surface area contributed by atoms with E-state index in [0.717, 1.165) is 24.2 Å². The Morgan fingerprint density at radius 3 is 2.38 bits per heavy atom. The molecule has 136 valence electrons. The molecule has 0 spiro atoms. The maximum Gasteiger partial charge on any atom is 0.243 e. The van der Waals surface area contributed by atoms with Crippen molar-refractivity contribution in [3.8, 4) is 5.75 Å². The van der Waals surface area contributed by atoms with Crippen LogP contribution in [0.5, 0.6) is 5.75 Å². The molecule has 5 heteroatoms. The Morgan fingerprint density at radius 1 is 1.21 bits per heavy atom. The summed E-state index contributed by atoms with van der Waals surface area (Å²) in [5.74, 6) is 1.82. The number of hydrogen-bond donors (Lipinski definition) is 0. The van der Waals surface area contributed by atoms with Crippen molar-refractivity contribution in [2.45, 2.75) is 58.3 Å². The van der Waals surface area contributed by atoms with Gasteiger partial charge in [-0.2, -0.15) is 4.31 Å². The van der Waals surface area contributed by atoms with Crippen LogP contribution >= 0.6 is 0 Å². The fourth-order valence-corrected chi connectivity index (χ4v) is 5.15. The highest BCUT2D eigenvalue weighted by atomic mass is 32.2. The fraction of sp³-hybridized carbons (Fsp3) is 0.684. The molecule has 0 N–H and O–H groups in total. The summed E-state index contributed by atoms with van der Waals surface area (Å²) in [5, 5.41) is 0. The lowest BCUT2D eigenvalue weighted by molar-refractivity contribution is 0.222. The van der Waals surface area contributed by atoms with E-state index >= 15 is 0 Å². The highest BCUT2D eigenvalue weighted by molar-refractivity contribution is 7.89. The van der Waals surface area contributed by atoms with Crippen LogP contribution in [-0.2, 0) is 10.0 Å². The summed E-state index contributed by atoms with van der Waals surface area (Å²) < 4.78 is 33.6. The van der Waals surface area contributed by atoms with Gasteiger partial charge >= 0.3 is 0 Å². The molecule has 1 aliphatic rings. The zero-order valence-electron chi connectivity index (χ0n) is 15.6. The monoisotopic (exact) mass is 353 g/mol. The first kappa shape index (κ1) is 19.3. The lowest BCUT2D eigenvalue weighted by atomic mass is 9.94. The molecule has 1 aromatic rings. The van der Waals surface area contributed by atoms with Crippen LogP contribution in [0.2, 0.25) is 0 Å². The third-order valence-electron chi connectivity index (χ3n) is 4.54. The van der Waals surface area contributed by atoms with Gasteiger partial charge in [0.1, 0.15) is 5.75 Å². The third kappa shape index (κ3) is 4.31. The Hall–Kier alpha value is -1.07. The van der Waals surface area contributed by atoms with Crippen molar-refractivity contribution in [3.63, 3.8) is 0 Å². The van der Waals surface area contributed by atoms with Crippen LogP contribution in [0.15, 0.2) is 23.1 Å². The zero-order valence-corrected chi connectivity index (χ0v) is 16.4. The largest absolute Gasteiger partial charge is 0.493 e. The van der Waals surface area contributed by atoms with Gasteiger partial charge in [0, 0.05) is 13.1 Å². The first-order valence-electron chi connectivity index (χ1n) is 9.02. The molecule has 1 aromatic carbocycles. The number of sulfonamides is 1. The maximum absolute atomic E-state index is 13.1. The van der Waals surface area contributed by atoms with E-state index in [-0.39, 0.29) is 5.92 Å². The number of nitrogens with zero attached hydrogens (tertiary/aromatic N) is 1. The lowest BCUT2D eigenvalue weighted by Gasteiger charge is -2.34. The van der Waals surface area contributed by atoms with E-state index in [1.54, 1.807) is 16.4 Å². The molecule has 0 unspecified atom stereocenters. The summed E-state index contributed by atoms with van der Waals surface area (Å²) in [4.78, 5) is 0.386. The average molecular weight is 354 g/mol. The second kappa shape index (κ2) is 7.87. The van der Waals surface area contributed by atoms with Crippen molar-refractivity contribution in [1.82, 2.24) is 4.31 Å². The second-order valence-electron chi connectivity index (χ2n) is 7.47. The molecule has 2 atom stereocenters. The normalized spacial score (nSPS) is 22.8. The molecular formula is C19H31NO3S. The molecule has 1 saturated heterocycles. The summed E-state index contributed by atoms with van der Waals surface area (Å²) >= 11 is 0. The Morgan fingerprint density at radius 2 is 1.83 bits per heavy atom. The fourth-order valence-electron chi connectivity index (χ4n) is 3.43. The molecule has 1 fully saturated rings. The molecule has 1 aliphatic heterocycles. The molecule has 0 radical (unpaired) electrons. The van der Waals surface area contributed by atoms with Crippen LogP contribution < -0.4 is 4.74 Å². The Bertz CT molecular complexity index is 645. The van der Waals surface area contributed by atoms with Crippen LogP contribution in [0.3, 0.4) is 0 Å². The van der Waals surface area contributed by atoms with E-state index in [4.69, 9.17) is 4.74 Å². The molecule has 4 nitrogen and oxygen atoms in total. The minimum absolute atomic E-state index is 0.214. The van der Waals surface area contributed by atoms with Gasteiger partial charge in [-0.3, -0.25) is 0 Å². The number of benzene rings is 1. The van der Waals surface area contributed by atoms with E-state index < -0.39 is 10.0 Å². The smallest absolute Gasteiger partial charge is 0.243 e. The lowest BCUT2D eigenvalue weighted by Crippen LogP contribution is -2.42. The number of rotatable bonds is 6. The van der Waals surface area contributed by atoms with Crippen molar-refractivity contribution in [2.24, 2.45) is 11.8 Å². The molecule has 24 heavy (non-hydrogen) atoms. The van der Waals surface area contributed by atoms with Crippen molar-refractivity contribution in [3.05, 3.63) is 23.8 Å². The minimum Gasteiger partial charge on any atom is -0.493 e. The van der Waals surface area contributed by atoms with E-state index in [2.05, 4.69) is 34.6 Å². The molecule has 1 heterocycles. The molecule has 0 aromatic heterocycles. The first-order valence-corrected chi connectivity index (χ1v) is 10.5. The van der Waals surface area contributed by atoms with E-state index in [9.17, 15) is 8.42 Å². The summed E-state index contributed by atoms with van der Waals surface area (Å²) in [5.41, 5.74) is 0.961. The van der Waals surface area contributed by atoms with Gasteiger partial charge in [-0.15, -0.1) is 0 Å². The van der Waals surface area contributed by atoms with Gasteiger partial charge in [0.25, 0.3) is 0 Å². The standard InChI is InChI=1S/C19H31NO3S/c1-6-9-23-19-8-7-17(11-18(19)14(2)3)24(21,22)20-12-15(4)10-16(5)13-20/h7-8,11,14-16H,6,9-10,12-13H2,1-5H3/t15-,16+. The molecule has 0 aliphatic carbocycles. The first-order chi connectivity index (χ1) is 11.3. The van der Waals surface area contributed by atoms with Gasteiger partial charge in [-0.25, -0.2) is 8.42 Å². The third-order valence-corrected chi connectivity index (χ3v) is 6.37. The summed E-state index contributed by atoms with van der Waals surface area (Å²) in [6.07, 6.45) is 2.02. The molecule has 2 rings (SSSR count). The predicted octanol–water partition coefficient (Wildman–Crippen LogP) is 4.27. The predicted molar refractivity (Wildman–Crippen MR) is 98.0 cm³/mol. The SMILES string of the molecule is CCCOc1ccc(S(=O)(=O)N2C[C@H](C)C[C@H](C)C2)cc1C(C)C. The van der Waals surface area contributed by atoms with Gasteiger partial charge in [0.15, 0.2) is 0 Å². The van der Waals surface area contributed by atoms with Crippen molar-refractivity contribution >= 4 is 10.0 Å². The van der Waals surface area contributed by atoms with Gasteiger partial charge in [-0.05, 0) is 54.4 Å². The molecule has 0 bridgehead atoms. The van der Waals surface area contributed by atoms with Gasteiger partial charge in [0.05, 0.1) is 11.5 Å². The van der Waals surface area contributed by atoms with E-state index in [1.165, 1.54) is 0 Å². The number of ether oxygens (including phenoxy) is 1. The van der Waals surface area contributed by atoms with Crippen LogP contribution in [0, 0.1) is 11.8 Å². The zero-order chi connectivity index (χ0) is 17.9. The quantitative estimate of drug-likeness (QED) is 0.767. The summed E-state index contributed by atoms with van der Waals surface area (Å²) in [6, 6.07) is 5.31. The summed E-state index contributed by atoms with van der Waals surface area (Å²) in [7, 11) is -3.44. The maximum atomic E-state index is 13.1. The summed E-state index contributed by atoms with van der Waals surface area (Å²) in [6.45, 7) is 12.3. The Balaban J connectivity index is 2.34. The highest BCUT2D eigenvalue weighted by Crippen LogP contribution is 2.32. The van der Waals surface area contributed by atoms with Crippen LogP contribution in [0.25, 0.3) is 0 Å². The number of piperidine rings is 1. The number of hydrogen-bond acceptors (Lipinski definition) is 3. The molecular weight excluding hydrogens is 322 g/mol. The van der Waals surface area contributed by atoms with E-state index in [1.807, 2.05) is 6.07 Å². The Kier molecular flexibility index (Phi) is 6.32. The van der Waals surface area contributed by atoms with Gasteiger partial charge < -0.3 is 4.74 Å². The minimum atomic E-state index is -3.44. The van der Waals surface area contributed by atoms with Crippen LogP contribution in [0.4, 0.5) is 0 Å². The van der Waals surface area contributed by atoms with Crippen LogP contribution in [-0.4, -0.2) is 32.4 Å². The highest BCUT2D eigenvalue weighted by Gasteiger charge is 2.32. The van der Waals surface area contributed by atoms with Gasteiger partial charge in [-0.1, -0.05) is 34.6 Å². The van der Waals surface area contributed by atoms with Crippen molar-refractivity contribution in [1.29, 1.82) is 0 Å². The average Bonchev–Trinajstić information content (AvgIpc) is 2.51. The van der Waals surface area contributed by atoms with Crippen molar-refractivity contribution in [2.75, 3.05) is 19.7 Å². The molecule has 0 amide bonds.